The number of amides is 1. The lowest BCUT2D eigenvalue weighted by atomic mass is 10.1. The van der Waals surface area contributed by atoms with Crippen molar-refractivity contribution >= 4 is 11.6 Å². The molecule has 1 amide bonds. The Morgan fingerprint density at radius 1 is 1.29 bits per heavy atom. The van der Waals surface area contributed by atoms with Crippen LogP contribution in [0.15, 0.2) is 24.3 Å². The maximum atomic E-state index is 12.6. The molecule has 1 N–H and O–H groups in total. The smallest absolute Gasteiger partial charge is 0.241 e. The molecule has 0 radical (unpaired) electrons. The Kier molecular flexibility index (Phi) is 7.40. The molecular formula is C17H28N2O2. The minimum absolute atomic E-state index is 0.110. The van der Waals surface area contributed by atoms with Gasteiger partial charge in [-0.05, 0) is 45.7 Å². The largest absolute Gasteiger partial charge is 0.396 e. The first kappa shape index (κ1) is 17.7. The maximum Gasteiger partial charge on any atom is 0.241 e. The van der Waals surface area contributed by atoms with E-state index in [9.17, 15) is 4.79 Å². The first-order valence-electron chi connectivity index (χ1n) is 7.72. The Labute approximate surface area is 128 Å². The number of likely N-dealkylation sites (N-methyl/N-ethyl adjacent to an activating group) is 1. The van der Waals surface area contributed by atoms with Gasteiger partial charge in [0.05, 0.1) is 6.54 Å². The number of carbonyl (C=O) groups excluding carboxylic acids is 1. The summed E-state index contributed by atoms with van der Waals surface area (Å²) in [5, 5.41) is 8.98. The first-order chi connectivity index (χ1) is 10.0. The summed E-state index contributed by atoms with van der Waals surface area (Å²) in [5.74, 6) is 0.110. The number of nitrogens with zero attached hydrogens (tertiary/aromatic N) is 2. The van der Waals surface area contributed by atoms with Crippen LogP contribution in [-0.4, -0.2) is 48.2 Å². The van der Waals surface area contributed by atoms with Crippen LogP contribution in [0.3, 0.4) is 0 Å². The Balaban J connectivity index is 2.81. The van der Waals surface area contributed by atoms with Gasteiger partial charge >= 0.3 is 0 Å². The molecule has 0 fully saturated rings. The van der Waals surface area contributed by atoms with Crippen LogP contribution in [-0.2, 0) is 4.79 Å². The van der Waals surface area contributed by atoms with Crippen LogP contribution in [0, 0.1) is 6.92 Å². The number of aryl methyl sites for hydroxylation is 1. The highest BCUT2D eigenvalue weighted by atomic mass is 16.3. The summed E-state index contributed by atoms with van der Waals surface area (Å²) in [6.07, 6.45) is 0.696. The second-order valence-electron chi connectivity index (χ2n) is 5.57. The molecule has 4 heteroatoms. The first-order valence-corrected chi connectivity index (χ1v) is 7.72. The van der Waals surface area contributed by atoms with Crippen molar-refractivity contribution in [1.82, 2.24) is 4.90 Å². The molecule has 1 aromatic carbocycles. The zero-order valence-electron chi connectivity index (χ0n) is 13.7. The number of aliphatic hydroxyl groups excluding tert-OH is 1. The van der Waals surface area contributed by atoms with Gasteiger partial charge in [-0.25, -0.2) is 0 Å². The van der Waals surface area contributed by atoms with Gasteiger partial charge in [0.2, 0.25) is 5.91 Å². The summed E-state index contributed by atoms with van der Waals surface area (Å²) in [5.41, 5.74) is 2.09. The van der Waals surface area contributed by atoms with Crippen molar-refractivity contribution in [2.45, 2.75) is 40.2 Å². The van der Waals surface area contributed by atoms with Crippen LogP contribution in [0.2, 0.25) is 0 Å². The summed E-state index contributed by atoms with van der Waals surface area (Å²) < 4.78 is 0. The van der Waals surface area contributed by atoms with Gasteiger partial charge in [-0.3, -0.25) is 9.69 Å². The summed E-state index contributed by atoms with van der Waals surface area (Å²) in [7, 11) is 0. The molecule has 118 valence electrons. The summed E-state index contributed by atoms with van der Waals surface area (Å²) >= 11 is 0. The molecule has 0 saturated carbocycles. The van der Waals surface area contributed by atoms with Crippen LogP contribution in [0.5, 0.6) is 0 Å². The zero-order valence-corrected chi connectivity index (χ0v) is 13.7. The van der Waals surface area contributed by atoms with Gasteiger partial charge in [-0.15, -0.1) is 0 Å². The zero-order chi connectivity index (χ0) is 15.8. The van der Waals surface area contributed by atoms with Gasteiger partial charge in [-0.2, -0.15) is 0 Å². The monoisotopic (exact) mass is 292 g/mol. The molecule has 0 aromatic heterocycles. The number of hydrogen-bond acceptors (Lipinski definition) is 3. The van der Waals surface area contributed by atoms with E-state index in [0.717, 1.165) is 17.8 Å². The highest BCUT2D eigenvalue weighted by Gasteiger charge is 2.20. The Morgan fingerprint density at radius 2 is 1.95 bits per heavy atom. The second kappa shape index (κ2) is 8.80. The van der Waals surface area contributed by atoms with Crippen molar-refractivity contribution < 1.29 is 9.90 Å². The Morgan fingerprint density at radius 3 is 2.48 bits per heavy atom. The number of benzene rings is 1. The van der Waals surface area contributed by atoms with Crippen molar-refractivity contribution in [1.29, 1.82) is 0 Å². The van der Waals surface area contributed by atoms with Crippen LogP contribution < -0.4 is 4.90 Å². The van der Waals surface area contributed by atoms with Crippen LogP contribution in [0.25, 0.3) is 0 Å². The van der Waals surface area contributed by atoms with Crippen molar-refractivity contribution in [3.63, 3.8) is 0 Å². The molecule has 0 bridgehead atoms. The third kappa shape index (κ3) is 5.14. The molecule has 0 heterocycles. The van der Waals surface area contributed by atoms with E-state index in [1.54, 1.807) is 0 Å². The van der Waals surface area contributed by atoms with Crippen molar-refractivity contribution in [3.05, 3.63) is 29.8 Å². The summed E-state index contributed by atoms with van der Waals surface area (Å²) in [6, 6.07) is 8.25. The lowest BCUT2D eigenvalue weighted by molar-refractivity contribution is -0.120. The highest BCUT2D eigenvalue weighted by Crippen LogP contribution is 2.19. The van der Waals surface area contributed by atoms with Crippen LogP contribution in [0.4, 0.5) is 5.69 Å². The predicted molar refractivity (Wildman–Crippen MR) is 87.6 cm³/mol. The van der Waals surface area contributed by atoms with Crippen LogP contribution >= 0.6 is 0 Å². The van der Waals surface area contributed by atoms with Gasteiger partial charge in [0.25, 0.3) is 0 Å². The average Bonchev–Trinajstić information content (AvgIpc) is 2.45. The minimum atomic E-state index is 0.110. The molecule has 0 spiro atoms. The van der Waals surface area contributed by atoms with Crippen molar-refractivity contribution in [2.75, 3.05) is 31.1 Å². The van der Waals surface area contributed by atoms with E-state index in [4.69, 9.17) is 5.11 Å². The molecule has 1 aromatic rings. The van der Waals surface area contributed by atoms with Gasteiger partial charge < -0.3 is 10.0 Å². The fourth-order valence-corrected chi connectivity index (χ4v) is 2.40. The lowest BCUT2D eigenvalue weighted by Gasteiger charge is -2.30. The molecular weight excluding hydrogens is 264 g/mol. The van der Waals surface area contributed by atoms with E-state index in [0.29, 0.717) is 19.5 Å². The normalized spacial score (nSPS) is 11.2. The number of hydrogen-bond donors (Lipinski definition) is 1. The van der Waals surface area contributed by atoms with E-state index < -0.39 is 0 Å². The quantitative estimate of drug-likeness (QED) is 0.800. The molecule has 0 aliphatic carbocycles. The second-order valence-corrected chi connectivity index (χ2v) is 5.57. The molecule has 0 aliphatic rings. The third-order valence-electron chi connectivity index (χ3n) is 3.70. The molecule has 1 rings (SSSR count). The summed E-state index contributed by atoms with van der Waals surface area (Å²) in [6.45, 7) is 10.1. The number of carbonyl (C=O) groups is 1. The lowest BCUT2D eigenvalue weighted by Crippen LogP contribution is -2.43. The van der Waals surface area contributed by atoms with Gasteiger partial charge in [-0.1, -0.05) is 18.2 Å². The minimum Gasteiger partial charge on any atom is -0.396 e. The standard InChI is InChI=1S/C17H28N2O2/c1-5-19(16-10-7-6-9-15(16)4)17(21)13-18(14(2)3)11-8-12-20/h6-7,9-10,14,20H,5,8,11-13H2,1-4H3. The predicted octanol–water partition coefficient (Wildman–Crippen LogP) is 2.44. The number of para-hydroxylation sites is 1. The van der Waals surface area contributed by atoms with Gasteiger partial charge in [0.1, 0.15) is 0 Å². The summed E-state index contributed by atoms with van der Waals surface area (Å²) in [4.78, 5) is 16.6. The van der Waals surface area contributed by atoms with Crippen molar-refractivity contribution in [3.8, 4) is 0 Å². The molecule has 21 heavy (non-hydrogen) atoms. The number of aliphatic hydroxyl groups is 1. The average molecular weight is 292 g/mol. The SMILES string of the molecule is CCN(C(=O)CN(CCCO)C(C)C)c1ccccc1C. The van der Waals surface area contributed by atoms with Gasteiger partial charge in [0.15, 0.2) is 0 Å². The Bertz CT molecular complexity index is 446. The number of rotatable bonds is 8. The maximum absolute atomic E-state index is 12.6. The molecule has 0 saturated heterocycles. The third-order valence-corrected chi connectivity index (χ3v) is 3.70. The van der Waals surface area contributed by atoms with E-state index in [-0.39, 0.29) is 18.6 Å². The van der Waals surface area contributed by atoms with Gasteiger partial charge in [0, 0.05) is 31.4 Å². The van der Waals surface area contributed by atoms with Crippen LogP contribution in [0.1, 0.15) is 32.8 Å². The highest BCUT2D eigenvalue weighted by molar-refractivity contribution is 5.95. The fraction of sp³-hybridized carbons (Fsp3) is 0.588. The van der Waals surface area contributed by atoms with E-state index in [1.165, 1.54) is 0 Å². The van der Waals surface area contributed by atoms with E-state index in [1.807, 2.05) is 43.0 Å². The molecule has 0 aliphatic heterocycles. The topological polar surface area (TPSA) is 43.8 Å². The van der Waals surface area contributed by atoms with E-state index >= 15 is 0 Å². The fourth-order valence-electron chi connectivity index (χ4n) is 2.40. The molecule has 4 nitrogen and oxygen atoms in total. The number of anilines is 1. The Hall–Kier alpha value is -1.39. The molecule has 0 unspecified atom stereocenters. The van der Waals surface area contributed by atoms with E-state index in [2.05, 4.69) is 18.7 Å². The van der Waals surface area contributed by atoms with Crippen molar-refractivity contribution in [2.24, 2.45) is 0 Å². The molecule has 0 atom stereocenters.